The summed E-state index contributed by atoms with van der Waals surface area (Å²) in [4.78, 5) is 12.4. The molecule has 4 aromatic rings. The smallest absolute Gasteiger partial charge is 0.247 e. The number of para-hydroxylation sites is 1. The maximum Gasteiger partial charge on any atom is 0.247 e. The van der Waals surface area contributed by atoms with Crippen LogP contribution in [0.2, 0.25) is 5.02 Å². The van der Waals surface area contributed by atoms with E-state index in [1.165, 1.54) is 0 Å². The lowest BCUT2D eigenvalue weighted by Gasteiger charge is -2.03. The van der Waals surface area contributed by atoms with Crippen LogP contribution in [0.25, 0.3) is 22.2 Å². The van der Waals surface area contributed by atoms with Gasteiger partial charge in [-0.05, 0) is 24.3 Å². The molecular weight excluding hydrogens is 350 g/mol. The molecule has 7 heteroatoms. The molecule has 0 radical (unpaired) electrons. The van der Waals surface area contributed by atoms with Gasteiger partial charge in [0, 0.05) is 24.2 Å². The lowest BCUT2D eigenvalue weighted by Crippen LogP contribution is -2.19. The molecule has 1 amide bonds. The molecule has 0 fully saturated rings. The van der Waals surface area contributed by atoms with Crippen LogP contribution in [-0.2, 0) is 18.4 Å². The Morgan fingerprint density at radius 1 is 1.08 bits per heavy atom. The molecular formula is C19H16ClN5O. The molecule has 0 saturated heterocycles. The van der Waals surface area contributed by atoms with Gasteiger partial charge in [0.1, 0.15) is 6.54 Å². The number of hydrogen-bond acceptors (Lipinski definition) is 3. The maximum atomic E-state index is 12.4. The molecule has 0 aliphatic carbocycles. The zero-order valence-electron chi connectivity index (χ0n) is 14.1. The number of carbonyl (C=O) groups is 1. The topological polar surface area (TPSA) is 64.7 Å². The third-order valence-corrected chi connectivity index (χ3v) is 4.44. The Balaban J connectivity index is 1.51. The zero-order chi connectivity index (χ0) is 18.1. The highest BCUT2D eigenvalue weighted by molar-refractivity contribution is 6.33. The molecule has 2 aromatic carbocycles. The molecule has 1 N–H and O–H groups in total. The number of nitrogens with zero attached hydrogens (tertiary/aromatic N) is 4. The maximum absolute atomic E-state index is 12.4. The molecule has 130 valence electrons. The summed E-state index contributed by atoms with van der Waals surface area (Å²) in [5.74, 6) is 0.356. The Hall–Kier alpha value is -3.12. The van der Waals surface area contributed by atoms with E-state index in [1.807, 2.05) is 61.6 Å². The Morgan fingerprint density at radius 2 is 1.85 bits per heavy atom. The summed E-state index contributed by atoms with van der Waals surface area (Å²) in [5.41, 5.74) is 2.53. The Morgan fingerprint density at radius 3 is 2.69 bits per heavy atom. The van der Waals surface area contributed by atoms with Crippen LogP contribution in [0.5, 0.6) is 0 Å². The van der Waals surface area contributed by atoms with Crippen molar-refractivity contribution in [2.24, 2.45) is 7.05 Å². The molecule has 2 aromatic heterocycles. The van der Waals surface area contributed by atoms with Crippen molar-refractivity contribution in [2.45, 2.75) is 6.54 Å². The predicted octanol–water partition coefficient (Wildman–Crippen LogP) is 3.73. The quantitative estimate of drug-likeness (QED) is 0.599. The van der Waals surface area contributed by atoms with E-state index in [2.05, 4.69) is 15.5 Å². The molecule has 0 unspecified atom stereocenters. The number of amides is 1. The van der Waals surface area contributed by atoms with Crippen molar-refractivity contribution in [1.82, 2.24) is 19.6 Å². The van der Waals surface area contributed by atoms with Crippen molar-refractivity contribution in [3.8, 4) is 11.3 Å². The van der Waals surface area contributed by atoms with Gasteiger partial charge in [-0.1, -0.05) is 41.9 Å². The van der Waals surface area contributed by atoms with E-state index >= 15 is 0 Å². The number of carbonyl (C=O) groups excluding carboxylic acids is 1. The van der Waals surface area contributed by atoms with Crippen LogP contribution in [0.4, 0.5) is 5.82 Å². The van der Waals surface area contributed by atoms with Gasteiger partial charge in [0.15, 0.2) is 5.82 Å². The normalized spacial score (nSPS) is 11.0. The molecule has 6 nitrogen and oxygen atoms in total. The highest BCUT2D eigenvalue weighted by atomic mass is 35.5. The SMILES string of the molecule is Cn1nc(NC(=O)Cn2ccc(-c3ccccc3Cl)n2)c2ccccc21. The van der Waals surface area contributed by atoms with Crippen molar-refractivity contribution in [2.75, 3.05) is 5.32 Å². The largest absolute Gasteiger partial charge is 0.307 e. The molecule has 26 heavy (non-hydrogen) atoms. The summed E-state index contributed by atoms with van der Waals surface area (Å²) in [6, 6.07) is 17.1. The first-order chi connectivity index (χ1) is 12.6. The number of aryl methyl sites for hydroxylation is 1. The van der Waals surface area contributed by atoms with Gasteiger partial charge in [-0.25, -0.2) is 0 Å². The number of fused-ring (bicyclic) bond motifs is 1. The Bertz CT molecular complexity index is 1100. The van der Waals surface area contributed by atoms with Crippen molar-refractivity contribution < 1.29 is 4.79 Å². The summed E-state index contributed by atoms with van der Waals surface area (Å²) in [6.45, 7) is 0.0926. The minimum atomic E-state index is -0.192. The fourth-order valence-corrected chi connectivity index (χ4v) is 3.12. The van der Waals surface area contributed by atoms with Crippen LogP contribution in [0.3, 0.4) is 0 Å². The van der Waals surface area contributed by atoms with Gasteiger partial charge in [-0.15, -0.1) is 0 Å². The average Bonchev–Trinajstić information content (AvgIpc) is 3.21. The van der Waals surface area contributed by atoms with Crippen LogP contribution in [-0.4, -0.2) is 25.5 Å². The number of benzene rings is 2. The zero-order valence-corrected chi connectivity index (χ0v) is 14.8. The summed E-state index contributed by atoms with van der Waals surface area (Å²) in [5, 5.41) is 13.2. The Labute approximate surface area is 155 Å². The molecule has 0 spiro atoms. The highest BCUT2D eigenvalue weighted by Crippen LogP contribution is 2.26. The molecule has 0 saturated carbocycles. The number of aromatic nitrogens is 4. The van der Waals surface area contributed by atoms with E-state index in [4.69, 9.17) is 11.6 Å². The third kappa shape index (κ3) is 3.07. The second-order valence-corrected chi connectivity index (χ2v) is 6.32. The van der Waals surface area contributed by atoms with Gasteiger partial charge in [-0.2, -0.15) is 10.2 Å². The highest BCUT2D eigenvalue weighted by Gasteiger charge is 2.13. The average molecular weight is 366 g/mol. The van der Waals surface area contributed by atoms with E-state index in [-0.39, 0.29) is 12.5 Å². The number of rotatable bonds is 4. The fraction of sp³-hybridized carbons (Fsp3) is 0.105. The van der Waals surface area contributed by atoms with Crippen LogP contribution >= 0.6 is 11.6 Å². The van der Waals surface area contributed by atoms with Crippen molar-refractivity contribution in [1.29, 1.82) is 0 Å². The standard InChI is InChI=1S/C19H16ClN5O/c1-24-17-9-5-3-7-14(17)19(23-24)21-18(26)12-25-11-10-16(22-25)13-6-2-4-8-15(13)20/h2-11H,12H2,1H3,(H,21,23,26). The van der Waals surface area contributed by atoms with Crippen molar-refractivity contribution in [3.63, 3.8) is 0 Å². The number of anilines is 1. The first kappa shape index (κ1) is 16.4. The number of nitrogens with one attached hydrogen (secondary N) is 1. The molecule has 0 aliphatic rings. The van der Waals surface area contributed by atoms with Gasteiger partial charge < -0.3 is 5.32 Å². The lowest BCUT2D eigenvalue weighted by molar-refractivity contribution is -0.116. The number of halogens is 1. The molecule has 2 heterocycles. The predicted molar refractivity (Wildman–Crippen MR) is 102 cm³/mol. The van der Waals surface area contributed by atoms with Crippen LogP contribution in [0.1, 0.15) is 0 Å². The summed E-state index contributed by atoms with van der Waals surface area (Å²) in [6.07, 6.45) is 1.76. The van der Waals surface area contributed by atoms with E-state index in [1.54, 1.807) is 15.6 Å². The van der Waals surface area contributed by atoms with E-state index in [0.29, 0.717) is 10.8 Å². The van der Waals surface area contributed by atoms with Gasteiger partial charge in [0.2, 0.25) is 5.91 Å². The minimum absolute atomic E-state index is 0.0926. The fourth-order valence-electron chi connectivity index (χ4n) is 2.89. The van der Waals surface area contributed by atoms with Crippen molar-refractivity contribution in [3.05, 3.63) is 65.8 Å². The van der Waals surface area contributed by atoms with Gasteiger partial charge >= 0.3 is 0 Å². The minimum Gasteiger partial charge on any atom is -0.307 e. The monoisotopic (exact) mass is 365 g/mol. The van der Waals surface area contributed by atoms with Crippen LogP contribution in [0, 0.1) is 0 Å². The summed E-state index contributed by atoms with van der Waals surface area (Å²) < 4.78 is 3.33. The van der Waals surface area contributed by atoms with E-state index in [0.717, 1.165) is 22.2 Å². The lowest BCUT2D eigenvalue weighted by atomic mass is 10.2. The molecule has 0 bridgehead atoms. The second-order valence-electron chi connectivity index (χ2n) is 5.92. The van der Waals surface area contributed by atoms with E-state index < -0.39 is 0 Å². The first-order valence-electron chi connectivity index (χ1n) is 8.12. The second kappa shape index (κ2) is 6.65. The van der Waals surface area contributed by atoms with Gasteiger partial charge in [0.05, 0.1) is 16.2 Å². The third-order valence-electron chi connectivity index (χ3n) is 4.11. The first-order valence-corrected chi connectivity index (χ1v) is 8.49. The molecule has 0 atom stereocenters. The van der Waals surface area contributed by atoms with Crippen LogP contribution in [0.15, 0.2) is 60.8 Å². The summed E-state index contributed by atoms with van der Waals surface area (Å²) in [7, 11) is 1.85. The van der Waals surface area contributed by atoms with Crippen LogP contribution < -0.4 is 5.32 Å². The molecule has 0 aliphatic heterocycles. The van der Waals surface area contributed by atoms with Gasteiger partial charge in [-0.3, -0.25) is 14.2 Å². The summed E-state index contributed by atoms with van der Waals surface area (Å²) >= 11 is 6.20. The number of hydrogen-bond donors (Lipinski definition) is 1. The van der Waals surface area contributed by atoms with Gasteiger partial charge in [0.25, 0.3) is 0 Å². The Kier molecular flexibility index (Phi) is 4.18. The van der Waals surface area contributed by atoms with Crippen molar-refractivity contribution >= 4 is 34.2 Å². The molecule has 4 rings (SSSR count). The van der Waals surface area contributed by atoms with E-state index in [9.17, 15) is 4.79 Å².